The molecular formula is C42H59ClN4O5S. The van der Waals surface area contributed by atoms with Crippen LogP contribution in [0.1, 0.15) is 99.5 Å². The summed E-state index contributed by atoms with van der Waals surface area (Å²) in [5.74, 6) is 0.780. The Hall–Kier alpha value is -2.63. The molecule has 1 N–H and O–H groups in total. The number of amides is 1. The number of piperazine rings is 1. The first-order valence-corrected chi connectivity index (χ1v) is 22.2. The topological polar surface area (TPSA) is 91.4 Å². The van der Waals surface area contributed by atoms with Crippen LogP contribution in [-0.4, -0.2) is 93.4 Å². The molecule has 1 aliphatic carbocycles. The Morgan fingerprint density at radius 3 is 2.62 bits per heavy atom. The van der Waals surface area contributed by atoms with Gasteiger partial charge >= 0.3 is 0 Å². The summed E-state index contributed by atoms with van der Waals surface area (Å²) in [6.45, 7) is 11.9. The fourth-order valence-corrected chi connectivity index (χ4v) is 11.3. The molecular weight excluding hydrogens is 708 g/mol. The minimum absolute atomic E-state index is 0.308. The molecule has 4 aliphatic heterocycles. The number of sulfonamides is 1. The summed E-state index contributed by atoms with van der Waals surface area (Å²) in [5, 5.41) is 0.0408. The van der Waals surface area contributed by atoms with E-state index in [-0.39, 0.29) is 0 Å². The number of piperidine rings is 1. The van der Waals surface area contributed by atoms with Crippen molar-refractivity contribution in [3.8, 4) is 5.75 Å². The third-order valence-electron chi connectivity index (χ3n) is 12.7. The Morgan fingerprint density at radius 2 is 1.81 bits per heavy atom. The summed E-state index contributed by atoms with van der Waals surface area (Å²) in [4.78, 5) is 21.4. The monoisotopic (exact) mass is 766 g/mol. The summed E-state index contributed by atoms with van der Waals surface area (Å²) in [6.07, 6.45) is 14.9. The van der Waals surface area contributed by atoms with Gasteiger partial charge in [0, 0.05) is 62.5 Å². The van der Waals surface area contributed by atoms with Crippen LogP contribution < -0.4 is 14.4 Å². The summed E-state index contributed by atoms with van der Waals surface area (Å²) >= 11 is 6.42. The summed E-state index contributed by atoms with van der Waals surface area (Å²) in [5.41, 5.74) is 2.98. The second kappa shape index (κ2) is 17.0. The van der Waals surface area contributed by atoms with Gasteiger partial charge in [-0.3, -0.25) is 14.6 Å². The SMILES string of the molecule is CCO[C@@]1(CN2CCN3CCCC[C@@H]3C2)/C=C/CC[C@@H](CC)S(=O)(=O)NC(=O)c2ccc3c(c2)N(CCCCc2cc(Cl)ccc2CO3)C[C@@H]2CC[C@H]21. The van der Waals surface area contributed by atoms with Crippen LogP contribution in [0.2, 0.25) is 5.02 Å². The van der Waals surface area contributed by atoms with Crippen molar-refractivity contribution >= 4 is 33.2 Å². The lowest BCUT2D eigenvalue weighted by Gasteiger charge is -2.53. The van der Waals surface area contributed by atoms with Gasteiger partial charge in [0.25, 0.3) is 5.91 Å². The number of aryl methyl sites for hydroxylation is 1. The van der Waals surface area contributed by atoms with Crippen LogP contribution in [0.25, 0.3) is 0 Å². The van der Waals surface area contributed by atoms with E-state index in [2.05, 4.69) is 44.6 Å². The largest absolute Gasteiger partial charge is 0.487 e. The number of carbonyl (C=O) groups excluding carboxylic acids is 1. The number of hydrogen-bond donors (Lipinski definition) is 1. The fraction of sp³-hybridized carbons (Fsp3) is 0.643. The van der Waals surface area contributed by atoms with Crippen LogP contribution in [0.4, 0.5) is 5.69 Å². The zero-order chi connectivity index (χ0) is 37.0. The van der Waals surface area contributed by atoms with Gasteiger partial charge in [0.05, 0.1) is 10.9 Å². The molecule has 5 atom stereocenters. The van der Waals surface area contributed by atoms with Gasteiger partial charge in [0.2, 0.25) is 10.0 Å². The van der Waals surface area contributed by atoms with E-state index in [1.54, 1.807) is 6.07 Å². The van der Waals surface area contributed by atoms with Crippen LogP contribution in [0.15, 0.2) is 48.6 Å². The van der Waals surface area contributed by atoms with Crippen LogP contribution in [0.3, 0.4) is 0 Å². The van der Waals surface area contributed by atoms with E-state index in [4.69, 9.17) is 21.1 Å². The molecule has 2 aromatic carbocycles. The number of carbonyl (C=O) groups is 1. The van der Waals surface area contributed by atoms with Gasteiger partial charge in [0.1, 0.15) is 18.0 Å². The number of hydrogen-bond acceptors (Lipinski definition) is 8. The predicted octanol–water partition coefficient (Wildman–Crippen LogP) is 7.22. The van der Waals surface area contributed by atoms with Crippen molar-refractivity contribution in [1.82, 2.24) is 14.5 Å². The van der Waals surface area contributed by atoms with Crippen molar-refractivity contribution in [3.05, 3.63) is 70.3 Å². The van der Waals surface area contributed by atoms with Gasteiger partial charge < -0.3 is 14.4 Å². The van der Waals surface area contributed by atoms with Crippen LogP contribution in [0.5, 0.6) is 5.75 Å². The molecule has 0 unspecified atom stereocenters. The predicted molar refractivity (Wildman–Crippen MR) is 212 cm³/mol. The minimum atomic E-state index is -3.91. The van der Waals surface area contributed by atoms with Crippen molar-refractivity contribution < 1.29 is 22.7 Å². The maximum atomic E-state index is 13.7. The van der Waals surface area contributed by atoms with Gasteiger partial charge in [-0.1, -0.05) is 43.2 Å². The Kier molecular flexibility index (Phi) is 12.4. The summed E-state index contributed by atoms with van der Waals surface area (Å²) in [6, 6.07) is 12.0. The molecule has 5 aliphatic rings. The van der Waals surface area contributed by atoms with Crippen molar-refractivity contribution in [2.45, 2.75) is 108 Å². The van der Waals surface area contributed by atoms with Crippen LogP contribution in [0, 0.1) is 11.8 Å². The molecule has 0 radical (unpaired) electrons. The molecule has 290 valence electrons. The molecule has 7 rings (SSSR count). The first-order chi connectivity index (χ1) is 25.7. The lowest BCUT2D eigenvalue weighted by atomic mass is 9.63. The molecule has 4 heterocycles. The Labute approximate surface area is 322 Å². The number of benzene rings is 2. The zero-order valence-corrected chi connectivity index (χ0v) is 33.3. The lowest BCUT2D eigenvalue weighted by molar-refractivity contribution is -0.116. The second-order valence-corrected chi connectivity index (χ2v) is 18.4. The number of allylic oxidation sites excluding steroid dienone is 1. The van der Waals surface area contributed by atoms with Gasteiger partial charge in [-0.15, -0.1) is 0 Å². The van der Waals surface area contributed by atoms with Crippen molar-refractivity contribution in [1.29, 1.82) is 0 Å². The quantitative estimate of drug-likeness (QED) is 0.319. The van der Waals surface area contributed by atoms with E-state index in [9.17, 15) is 13.2 Å². The Bertz CT molecular complexity index is 1740. The molecule has 1 saturated carbocycles. The van der Waals surface area contributed by atoms with Gasteiger partial charge in [0.15, 0.2) is 0 Å². The number of ether oxygens (including phenoxy) is 2. The number of nitrogens with one attached hydrogen (secondary N) is 1. The molecule has 2 saturated heterocycles. The third kappa shape index (κ3) is 8.77. The lowest BCUT2D eigenvalue weighted by Crippen LogP contribution is -2.61. The highest BCUT2D eigenvalue weighted by molar-refractivity contribution is 7.90. The van der Waals surface area contributed by atoms with E-state index in [0.717, 1.165) is 87.6 Å². The van der Waals surface area contributed by atoms with Crippen molar-refractivity contribution in [2.24, 2.45) is 11.8 Å². The van der Waals surface area contributed by atoms with Crippen molar-refractivity contribution in [2.75, 3.05) is 57.3 Å². The van der Waals surface area contributed by atoms with Crippen LogP contribution in [-0.2, 0) is 27.8 Å². The summed E-state index contributed by atoms with van der Waals surface area (Å²) < 4.78 is 43.3. The average molecular weight is 767 g/mol. The molecule has 53 heavy (non-hydrogen) atoms. The van der Waals surface area contributed by atoms with Gasteiger partial charge in [-0.25, -0.2) is 13.1 Å². The standard InChI is InChI=1S/C42H59ClN4O5S/c1-3-37-13-5-8-20-42(52-4-2,30-45-23-24-46-21-10-7-12-36(46)28-45)38-18-15-33(38)27-47-22-9-6-11-31-25-35(43)17-14-34(31)29-51-40-19-16-32(26-39(40)47)41(48)44-53(37,49)50/h8,14,16-17,19-20,25-26,33,36-38H,3-7,9-13,15,18,21-24,27-30H2,1-2H3,(H,44,48)/b20-8+/t33-,36+,37+,38+,42+/m0/s1. The fourth-order valence-electron chi connectivity index (χ4n) is 9.69. The van der Waals surface area contributed by atoms with E-state index < -0.39 is 26.8 Å². The van der Waals surface area contributed by atoms with Gasteiger partial charge in [-0.2, -0.15) is 0 Å². The third-order valence-corrected chi connectivity index (χ3v) is 14.9. The molecule has 9 nitrogen and oxygen atoms in total. The molecule has 1 amide bonds. The Morgan fingerprint density at radius 1 is 0.943 bits per heavy atom. The number of rotatable bonds is 5. The van der Waals surface area contributed by atoms with E-state index in [1.165, 1.54) is 31.4 Å². The molecule has 11 heteroatoms. The average Bonchev–Trinajstić information content (AvgIpc) is 3.16. The summed E-state index contributed by atoms with van der Waals surface area (Å²) in [7, 11) is -3.91. The highest BCUT2D eigenvalue weighted by atomic mass is 35.5. The number of nitrogens with zero attached hydrogens (tertiary/aromatic N) is 3. The molecule has 2 bridgehead atoms. The van der Waals surface area contributed by atoms with E-state index in [0.29, 0.717) is 61.7 Å². The first kappa shape index (κ1) is 38.6. The molecule has 3 fully saturated rings. The molecule has 0 spiro atoms. The van der Waals surface area contributed by atoms with Crippen LogP contribution >= 0.6 is 11.6 Å². The van der Waals surface area contributed by atoms with Crippen molar-refractivity contribution in [3.63, 3.8) is 0 Å². The molecule has 0 aromatic heterocycles. The zero-order valence-electron chi connectivity index (χ0n) is 31.7. The normalized spacial score (nSPS) is 30.6. The highest BCUT2D eigenvalue weighted by Crippen LogP contribution is 2.47. The first-order valence-electron chi connectivity index (χ1n) is 20.3. The number of anilines is 1. The second-order valence-electron chi connectivity index (χ2n) is 16.0. The maximum Gasteiger partial charge on any atom is 0.264 e. The van der Waals surface area contributed by atoms with E-state index in [1.807, 2.05) is 31.2 Å². The maximum absolute atomic E-state index is 13.7. The Balaban J connectivity index is 1.25. The number of fused-ring (bicyclic) bond motifs is 4. The molecule has 2 aromatic rings. The number of halogens is 1. The van der Waals surface area contributed by atoms with Gasteiger partial charge in [-0.05, 0) is 131 Å². The smallest absolute Gasteiger partial charge is 0.264 e. The van der Waals surface area contributed by atoms with E-state index >= 15 is 0 Å². The highest BCUT2D eigenvalue weighted by Gasteiger charge is 2.49. The minimum Gasteiger partial charge on any atom is -0.487 e.